The number of hydrogen-bond donors (Lipinski definition) is 1. The van der Waals surface area contributed by atoms with Crippen LogP contribution in [0, 0.1) is 0 Å². The van der Waals surface area contributed by atoms with E-state index in [-0.39, 0.29) is 5.91 Å². The minimum Gasteiger partial charge on any atom is -0.449 e. The van der Waals surface area contributed by atoms with Crippen molar-refractivity contribution in [3.8, 4) is 17.0 Å². The highest BCUT2D eigenvalue weighted by Gasteiger charge is 2.30. The maximum absolute atomic E-state index is 12.7. The van der Waals surface area contributed by atoms with Gasteiger partial charge in [-0.3, -0.25) is 4.79 Å². The van der Waals surface area contributed by atoms with E-state index in [2.05, 4.69) is 33.8 Å². The van der Waals surface area contributed by atoms with Gasteiger partial charge in [0.15, 0.2) is 0 Å². The maximum atomic E-state index is 12.7. The molecule has 7 rings (SSSR count). The van der Waals surface area contributed by atoms with E-state index in [0.29, 0.717) is 69.0 Å². The summed E-state index contributed by atoms with van der Waals surface area (Å²) >= 11 is 0. The molecule has 0 bridgehead atoms. The molecule has 2 fully saturated rings. The summed E-state index contributed by atoms with van der Waals surface area (Å²) in [5.74, 6) is 2.01. The van der Waals surface area contributed by atoms with E-state index < -0.39 is 6.16 Å². The van der Waals surface area contributed by atoms with Gasteiger partial charge in [-0.05, 0) is 48.1 Å². The van der Waals surface area contributed by atoms with E-state index in [1.54, 1.807) is 12.3 Å². The second kappa shape index (κ2) is 11.7. The molecule has 0 radical (unpaired) electrons. The van der Waals surface area contributed by atoms with Gasteiger partial charge in [-0.15, -0.1) is 0 Å². The lowest BCUT2D eigenvalue weighted by molar-refractivity contribution is -0.135. The number of nitrogens with zero attached hydrogens (tertiary/aromatic N) is 3. The Morgan fingerprint density at radius 1 is 1.05 bits per heavy atom. The van der Waals surface area contributed by atoms with Crippen molar-refractivity contribution in [3.63, 3.8) is 0 Å². The van der Waals surface area contributed by atoms with Crippen LogP contribution in [0.1, 0.15) is 67.2 Å². The van der Waals surface area contributed by atoms with Crippen molar-refractivity contribution in [2.45, 2.75) is 57.4 Å². The Labute approximate surface area is 249 Å². The van der Waals surface area contributed by atoms with Crippen LogP contribution in [0.4, 0.5) is 4.79 Å². The van der Waals surface area contributed by atoms with Crippen LogP contribution in [-0.4, -0.2) is 57.9 Å². The van der Waals surface area contributed by atoms with Crippen LogP contribution < -0.4 is 4.74 Å². The van der Waals surface area contributed by atoms with Gasteiger partial charge in [0.25, 0.3) is 0 Å². The second-order valence-electron chi connectivity index (χ2n) is 11.6. The number of carbonyl (C=O) groups excluding carboxylic acids is 1. The normalized spacial score (nSPS) is 17.2. The van der Waals surface area contributed by atoms with E-state index in [9.17, 15) is 14.7 Å². The maximum Gasteiger partial charge on any atom is 0.511 e. The predicted octanol–water partition coefficient (Wildman–Crippen LogP) is 6.75. The van der Waals surface area contributed by atoms with Gasteiger partial charge in [0, 0.05) is 48.5 Å². The summed E-state index contributed by atoms with van der Waals surface area (Å²) in [4.78, 5) is 30.6. The Bertz CT molecular complexity index is 1700. The van der Waals surface area contributed by atoms with Crippen LogP contribution in [0.15, 0.2) is 53.1 Å². The molecule has 0 atom stereocenters. The van der Waals surface area contributed by atoms with Gasteiger partial charge in [0.05, 0.1) is 37.2 Å². The summed E-state index contributed by atoms with van der Waals surface area (Å²) in [6.45, 7) is 2.91. The first-order valence-electron chi connectivity index (χ1n) is 15.2. The van der Waals surface area contributed by atoms with Crippen molar-refractivity contribution in [2.24, 2.45) is 0 Å². The lowest BCUT2D eigenvalue weighted by Gasteiger charge is -2.26. The number of carbonyl (C=O) groups is 2. The molecular formula is C34H35N3O6. The van der Waals surface area contributed by atoms with Crippen LogP contribution in [0.25, 0.3) is 33.8 Å². The third kappa shape index (κ3) is 5.45. The SMILES string of the molecule is O=C(O)Oc1ccc2c(C3CCCCC3)c3n(c2c1)CC(c1ncc(CCC(=O)N2CCOCC2)o1)=Cc1ccccc1-3. The van der Waals surface area contributed by atoms with E-state index in [4.69, 9.17) is 13.9 Å². The van der Waals surface area contributed by atoms with Crippen molar-refractivity contribution < 1.29 is 28.6 Å². The number of allylic oxidation sites excluding steroid dienone is 1. The number of carboxylic acid groups (broad SMARTS) is 1. The second-order valence-corrected chi connectivity index (χ2v) is 11.6. The summed E-state index contributed by atoms with van der Waals surface area (Å²) in [5.41, 5.74) is 6.55. The molecule has 222 valence electrons. The quantitative estimate of drug-likeness (QED) is 0.198. The Morgan fingerprint density at radius 3 is 2.67 bits per heavy atom. The number of oxazole rings is 1. The molecule has 1 saturated heterocycles. The van der Waals surface area contributed by atoms with E-state index >= 15 is 0 Å². The van der Waals surface area contributed by atoms with E-state index in [1.807, 2.05) is 23.1 Å². The van der Waals surface area contributed by atoms with Crippen LogP contribution in [0.3, 0.4) is 0 Å². The van der Waals surface area contributed by atoms with Crippen molar-refractivity contribution in [2.75, 3.05) is 26.3 Å². The highest BCUT2D eigenvalue weighted by molar-refractivity contribution is 5.98. The summed E-state index contributed by atoms with van der Waals surface area (Å²) in [6.07, 6.45) is 9.30. The van der Waals surface area contributed by atoms with Gasteiger partial charge in [-0.1, -0.05) is 43.5 Å². The van der Waals surface area contributed by atoms with Gasteiger partial charge in [-0.25, -0.2) is 9.78 Å². The van der Waals surface area contributed by atoms with Crippen molar-refractivity contribution in [1.29, 1.82) is 0 Å². The minimum atomic E-state index is -1.33. The molecule has 2 aliphatic heterocycles. The number of hydrogen-bond acceptors (Lipinski definition) is 6. The first-order chi connectivity index (χ1) is 21.0. The molecule has 4 aromatic rings. The number of amides is 1. The molecule has 3 aliphatic rings. The number of aromatic nitrogens is 2. The zero-order chi connectivity index (χ0) is 29.3. The number of rotatable bonds is 6. The van der Waals surface area contributed by atoms with Crippen molar-refractivity contribution >= 4 is 34.6 Å². The average molecular weight is 582 g/mol. The molecule has 43 heavy (non-hydrogen) atoms. The number of benzene rings is 2. The Hall–Kier alpha value is -4.37. The molecule has 0 spiro atoms. The van der Waals surface area contributed by atoms with Crippen molar-refractivity contribution in [3.05, 3.63) is 71.4 Å². The number of aryl methyl sites for hydroxylation is 1. The molecule has 2 aromatic heterocycles. The smallest absolute Gasteiger partial charge is 0.449 e. The minimum absolute atomic E-state index is 0.0990. The largest absolute Gasteiger partial charge is 0.511 e. The molecular weight excluding hydrogens is 546 g/mol. The van der Waals surface area contributed by atoms with Crippen LogP contribution in [0.2, 0.25) is 0 Å². The van der Waals surface area contributed by atoms with Gasteiger partial charge in [0.1, 0.15) is 11.5 Å². The van der Waals surface area contributed by atoms with Crippen molar-refractivity contribution in [1.82, 2.24) is 14.5 Å². The predicted molar refractivity (Wildman–Crippen MR) is 162 cm³/mol. The van der Waals surface area contributed by atoms with Gasteiger partial charge >= 0.3 is 6.16 Å². The molecule has 1 aliphatic carbocycles. The lowest BCUT2D eigenvalue weighted by atomic mass is 9.81. The third-order valence-corrected chi connectivity index (χ3v) is 8.95. The zero-order valence-corrected chi connectivity index (χ0v) is 24.1. The van der Waals surface area contributed by atoms with Crippen LogP contribution in [0.5, 0.6) is 5.75 Å². The molecule has 4 heterocycles. The van der Waals surface area contributed by atoms with Gasteiger partial charge < -0.3 is 28.5 Å². The fraction of sp³-hybridized carbons (Fsp3) is 0.382. The monoisotopic (exact) mass is 581 g/mol. The first kappa shape index (κ1) is 27.5. The fourth-order valence-corrected chi connectivity index (χ4v) is 6.92. The Kier molecular flexibility index (Phi) is 7.49. The number of fused-ring (bicyclic) bond motifs is 5. The highest BCUT2D eigenvalue weighted by Crippen LogP contribution is 2.47. The summed E-state index contributed by atoms with van der Waals surface area (Å²) in [6, 6.07) is 14.0. The van der Waals surface area contributed by atoms with Crippen LogP contribution in [-0.2, 0) is 22.5 Å². The Morgan fingerprint density at radius 2 is 1.86 bits per heavy atom. The van der Waals surface area contributed by atoms with E-state index in [0.717, 1.165) is 40.4 Å². The zero-order valence-electron chi connectivity index (χ0n) is 24.1. The summed E-state index contributed by atoms with van der Waals surface area (Å²) in [7, 11) is 0. The van der Waals surface area contributed by atoms with Gasteiger partial charge in [-0.2, -0.15) is 0 Å². The average Bonchev–Trinajstić information content (AvgIpc) is 3.58. The molecule has 1 saturated carbocycles. The summed E-state index contributed by atoms with van der Waals surface area (Å²) in [5, 5.41) is 10.4. The van der Waals surface area contributed by atoms with Gasteiger partial charge in [0.2, 0.25) is 11.8 Å². The molecule has 1 amide bonds. The lowest BCUT2D eigenvalue weighted by Crippen LogP contribution is -2.40. The Balaban J connectivity index is 1.28. The molecule has 9 heteroatoms. The number of ether oxygens (including phenoxy) is 2. The summed E-state index contributed by atoms with van der Waals surface area (Å²) < 4.78 is 19.0. The number of morpholine rings is 1. The fourth-order valence-electron chi connectivity index (χ4n) is 6.92. The highest BCUT2D eigenvalue weighted by atomic mass is 16.7. The molecule has 2 aromatic carbocycles. The van der Waals surface area contributed by atoms with E-state index in [1.165, 1.54) is 30.5 Å². The first-order valence-corrected chi connectivity index (χ1v) is 15.2. The topological polar surface area (TPSA) is 107 Å². The molecule has 9 nitrogen and oxygen atoms in total. The molecule has 1 N–H and O–H groups in total. The van der Waals surface area contributed by atoms with Crippen LogP contribution >= 0.6 is 0 Å². The third-order valence-electron chi connectivity index (χ3n) is 8.95. The molecule has 0 unspecified atom stereocenters. The standard InChI is InChI=1S/C34H35N3O6/c38-30(36-14-16-41-17-15-36)13-11-26-20-35-33(42-26)24-18-23-8-4-5-9-27(23)32-31(22-6-2-1-3-7-22)28-12-10-25(43-34(39)40)19-29(28)37(32)21-24/h4-5,8-10,12,18-20,22H,1-3,6-7,11,13-17,21H2,(H,39,40).